The SMILES string of the molecule is CCC(C)OC(=O)Cn1c(SCCCNC(=O)C=Cc2ccccc2)nc2ccccc21. The summed E-state index contributed by atoms with van der Waals surface area (Å²) in [6.45, 7) is 4.58. The van der Waals surface area contributed by atoms with E-state index in [9.17, 15) is 9.59 Å². The van der Waals surface area contributed by atoms with Crippen molar-refractivity contribution in [2.75, 3.05) is 12.3 Å². The number of benzene rings is 2. The predicted molar refractivity (Wildman–Crippen MR) is 129 cm³/mol. The molecule has 0 saturated heterocycles. The van der Waals surface area contributed by atoms with Crippen LogP contribution in [-0.2, 0) is 20.9 Å². The van der Waals surface area contributed by atoms with Crippen LogP contribution < -0.4 is 5.32 Å². The number of para-hydroxylation sites is 2. The van der Waals surface area contributed by atoms with Gasteiger partial charge in [0.05, 0.1) is 17.1 Å². The van der Waals surface area contributed by atoms with E-state index in [0.29, 0.717) is 6.54 Å². The number of thioether (sulfide) groups is 1. The highest BCUT2D eigenvalue weighted by Gasteiger charge is 2.16. The molecule has 32 heavy (non-hydrogen) atoms. The van der Waals surface area contributed by atoms with Gasteiger partial charge in [-0.3, -0.25) is 9.59 Å². The van der Waals surface area contributed by atoms with Gasteiger partial charge in [0.25, 0.3) is 0 Å². The molecule has 1 atom stereocenters. The van der Waals surface area contributed by atoms with Crippen LogP contribution in [0.5, 0.6) is 0 Å². The highest BCUT2D eigenvalue weighted by molar-refractivity contribution is 7.99. The Morgan fingerprint density at radius 2 is 1.91 bits per heavy atom. The number of hydrogen-bond donors (Lipinski definition) is 1. The average Bonchev–Trinajstić information content (AvgIpc) is 3.15. The molecule has 7 heteroatoms. The zero-order valence-corrected chi connectivity index (χ0v) is 19.3. The number of fused-ring (bicyclic) bond motifs is 1. The van der Waals surface area contributed by atoms with E-state index >= 15 is 0 Å². The zero-order chi connectivity index (χ0) is 22.8. The van der Waals surface area contributed by atoms with Gasteiger partial charge in [-0.05, 0) is 43.5 Å². The molecule has 0 saturated carbocycles. The van der Waals surface area contributed by atoms with Crippen LogP contribution in [0.1, 0.15) is 32.3 Å². The van der Waals surface area contributed by atoms with Crippen molar-refractivity contribution in [1.82, 2.24) is 14.9 Å². The summed E-state index contributed by atoms with van der Waals surface area (Å²) in [6.07, 6.45) is 4.81. The van der Waals surface area contributed by atoms with E-state index in [2.05, 4.69) is 10.3 Å². The lowest BCUT2D eigenvalue weighted by Crippen LogP contribution is -2.22. The molecule has 0 fully saturated rings. The number of aromatic nitrogens is 2. The van der Waals surface area contributed by atoms with Crippen LogP contribution in [0.4, 0.5) is 0 Å². The van der Waals surface area contributed by atoms with Gasteiger partial charge in [-0.1, -0.05) is 61.2 Å². The maximum Gasteiger partial charge on any atom is 0.326 e. The second kappa shape index (κ2) is 12.1. The van der Waals surface area contributed by atoms with Crippen LogP contribution in [0.15, 0.2) is 65.8 Å². The van der Waals surface area contributed by atoms with Crippen molar-refractivity contribution in [3.8, 4) is 0 Å². The molecule has 1 N–H and O–H groups in total. The van der Waals surface area contributed by atoms with Crippen molar-refractivity contribution in [2.45, 2.75) is 44.5 Å². The average molecular weight is 452 g/mol. The monoisotopic (exact) mass is 451 g/mol. The van der Waals surface area contributed by atoms with Crippen molar-refractivity contribution >= 4 is 40.7 Å². The summed E-state index contributed by atoms with van der Waals surface area (Å²) in [6, 6.07) is 17.5. The Labute approximate surface area is 193 Å². The van der Waals surface area contributed by atoms with Gasteiger partial charge in [-0.25, -0.2) is 4.98 Å². The molecule has 0 aliphatic heterocycles. The van der Waals surface area contributed by atoms with Crippen molar-refractivity contribution in [3.05, 3.63) is 66.2 Å². The lowest BCUT2D eigenvalue weighted by molar-refractivity contribution is -0.149. The summed E-state index contributed by atoms with van der Waals surface area (Å²) in [5, 5.41) is 3.68. The van der Waals surface area contributed by atoms with Crippen LogP contribution in [-0.4, -0.2) is 39.8 Å². The number of carbonyl (C=O) groups excluding carboxylic acids is 2. The second-order valence-corrected chi connectivity index (χ2v) is 8.48. The standard InChI is InChI=1S/C25H29N3O3S/c1-3-19(2)31-24(30)18-28-22-13-8-7-12-21(22)27-25(28)32-17-9-16-26-23(29)15-14-20-10-5-4-6-11-20/h4-8,10-15,19H,3,9,16-18H2,1-2H3,(H,26,29). The van der Waals surface area contributed by atoms with E-state index < -0.39 is 0 Å². The van der Waals surface area contributed by atoms with E-state index in [-0.39, 0.29) is 24.5 Å². The molecule has 0 aliphatic rings. The second-order valence-electron chi connectivity index (χ2n) is 7.42. The van der Waals surface area contributed by atoms with E-state index in [1.807, 2.05) is 73.0 Å². The van der Waals surface area contributed by atoms with Gasteiger partial charge in [-0.15, -0.1) is 0 Å². The fraction of sp³-hybridized carbons (Fsp3) is 0.320. The summed E-state index contributed by atoms with van der Waals surface area (Å²) >= 11 is 1.58. The Hall–Kier alpha value is -3.06. The van der Waals surface area contributed by atoms with E-state index in [0.717, 1.165) is 40.3 Å². The number of nitrogens with one attached hydrogen (secondary N) is 1. The summed E-state index contributed by atoms with van der Waals surface area (Å²) in [5.41, 5.74) is 2.75. The highest BCUT2D eigenvalue weighted by Crippen LogP contribution is 2.24. The number of ether oxygens (including phenoxy) is 1. The molecular formula is C25H29N3O3S. The number of rotatable bonds is 11. The first-order valence-electron chi connectivity index (χ1n) is 10.9. The van der Waals surface area contributed by atoms with Gasteiger partial charge in [-0.2, -0.15) is 0 Å². The first-order chi connectivity index (χ1) is 15.6. The van der Waals surface area contributed by atoms with Crippen LogP contribution >= 0.6 is 11.8 Å². The number of hydrogen-bond acceptors (Lipinski definition) is 5. The topological polar surface area (TPSA) is 73.2 Å². The normalized spacial score (nSPS) is 12.2. The molecule has 2 aromatic carbocycles. The number of esters is 1. The third-order valence-corrected chi connectivity index (χ3v) is 5.96. The zero-order valence-electron chi connectivity index (χ0n) is 18.5. The maximum atomic E-state index is 12.4. The van der Waals surface area contributed by atoms with Gasteiger partial charge in [0, 0.05) is 18.4 Å². The van der Waals surface area contributed by atoms with Gasteiger partial charge in [0.2, 0.25) is 5.91 Å². The number of nitrogens with zero attached hydrogens (tertiary/aromatic N) is 2. The molecule has 1 heterocycles. The molecule has 3 rings (SSSR count). The van der Waals surface area contributed by atoms with E-state index in [1.165, 1.54) is 0 Å². The lowest BCUT2D eigenvalue weighted by atomic mass is 10.2. The minimum atomic E-state index is -0.262. The molecular weight excluding hydrogens is 422 g/mol. The fourth-order valence-corrected chi connectivity index (χ4v) is 3.99. The number of amides is 1. The van der Waals surface area contributed by atoms with Crippen LogP contribution in [0.25, 0.3) is 17.1 Å². The minimum absolute atomic E-state index is 0.104. The van der Waals surface area contributed by atoms with Crippen LogP contribution in [0.3, 0.4) is 0 Å². The van der Waals surface area contributed by atoms with Gasteiger partial charge < -0.3 is 14.6 Å². The summed E-state index contributed by atoms with van der Waals surface area (Å²) < 4.78 is 7.36. The Balaban J connectivity index is 1.51. The van der Waals surface area contributed by atoms with Crippen molar-refractivity contribution in [3.63, 3.8) is 0 Å². The first-order valence-corrected chi connectivity index (χ1v) is 11.8. The quantitative estimate of drug-likeness (QED) is 0.198. The Morgan fingerprint density at radius 3 is 2.69 bits per heavy atom. The molecule has 1 amide bonds. The molecule has 168 valence electrons. The summed E-state index contributed by atoms with van der Waals surface area (Å²) in [7, 11) is 0. The van der Waals surface area contributed by atoms with Crippen LogP contribution in [0.2, 0.25) is 0 Å². The molecule has 1 aromatic heterocycles. The van der Waals surface area contributed by atoms with Crippen molar-refractivity contribution in [2.24, 2.45) is 0 Å². The molecule has 0 bridgehead atoms. The van der Waals surface area contributed by atoms with Gasteiger partial charge in [0.1, 0.15) is 6.54 Å². The number of imidazole rings is 1. The van der Waals surface area contributed by atoms with Crippen molar-refractivity contribution < 1.29 is 14.3 Å². The molecule has 6 nitrogen and oxygen atoms in total. The van der Waals surface area contributed by atoms with E-state index in [4.69, 9.17) is 4.74 Å². The molecule has 0 aliphatic carbocycles. The summed E-state index contributed by atoms with van der Waals surface area (Å²) in [4.78, 5) is 29.0. The third-order valence-electron chi connectivity index (χ3n) is 4.89. The molecule has 0 spiro atoms. The Kier molecular flexibility index (Phi) is 8.92. The maximum absolute atomic E-state index is 12.4. The minimum Gasteiger partial charge on any atom is -0.461 e. The highest BCUT2D eigenvalue weighted by atomic mass is 32.2. The van der Waals surface area contributed by atoms with Gasteiger partial charge in [0.15, 0.2) is 5.16 Å². The van der Waals surface area contributed by atoms with Crippen molar-refractivity contribution in [1.29, 1.82) is 0 Å². The third kappa shape index (κ3) is 6.99. The molecule has 0 radical (unpaired) electrons. The van der Waals surface area contributed by atoms with Gasteiger partial charge >= 0.3 is 5.97 Å². The molecule has 3 aromatic rings. The summed E-state index contributed by atoms with van der Waals surface area (Å²) in [5.74, 6) is 0.396. The Morgan fingerprint density at radius 1 is 1.16 bits per heavy atom. The van der Waals surface area contributed by atoms with Crippen LogP contribution in [0, 0.1) is 0 Å². The lowest BCUT2D eigenvalue weighted by Gasteiger charge is -2.13. The first kappa shape index (κ1) is 23.6. The number of carbonyl (C=O) groups is 2. The van der Waals surface area contributed by atoms with E-state index in [1.54, 1.807) is 23.9 Å². The largest absolute Gasteiger partial charge is 0.461 e. The Bertz CT molecular complexity index is 1060. The predicted octanol–water partition coefficient (Wildman–Crippen LogP) is 4.69. The molecule has 1 unspecified atom stereocenters. The smallest absolute Gasteiger partial charge is 0.326 e. The fourth-order valence-electron chi connectivity index (χ4n) is 3.03.